The molecule has 1 amide bonds. The Morgan fingerprint density at radius 3 is 2.64 bits per heavy atom. The summed E-state index contributed by atoms with van der Waals surface area (Å²) in [4.78, 5) is 28.6. The van der Waals surface area contributed by atoms with Crippen LogP contribution in [0.3, 0.4) is 0 Å². The van der Waals surface area contributed by atoms with Gasteiger partial charge in [-0.05, 0) is 42.3 Å². The molecule has 0 radical (unpaired) electrons. The number of amides is 1. The van der Waals surface area contributed by atoms with Crippen molar-refractivity contribution in [3.8, 4) is 39.4 Å². The van der Waals surface area contributed by atoms with Crippen LogP contribution >= 0.6 is 0 Å². The molecular weight excluding hydrogens is 497 g/mol. The molecule has 6 aromatic rings. The molecule has 0 aliphatic rings. The molecule has 9 nitrogen and oxygen atoms in total. The van der Waals surface area contributed by atoms with Gasteiger partial charge in [0, 0.05) is 58.5 Å². The summed E-state index contributed by atoms with van der Waals surface area (Å²) in [6, 6.07) is 10.4. The van der Waals surface area contributed by atoms with Gasteiger partial charge in [0.25, 0.3) is 0 Å². The van der Waals surface area contributed by atoms with Crippen LogP contribution in [0.4, 0.5) is 10.1 Å². The first-order chi connectivity index (χ1) is 19.0. The first kappa shape index (κ1) is 24.2. The SMILES string of the molecule is CCCC(=O)Nc1cncc(-c2cnc3[nH]nc(-c4cc5c(-c6cc(F)cc(OC)c6)cncc5[nH]4)c3c2)c1. The summed E-state index contributed by atoms with van der Waals surface area (Å²) in [5.74, 6) is -0.0119. The van der Waals surface area contributed by atoms with Crippen LogP contribution in [0.1, 0.15) is 19.8 Å². The van der Waals surface area contributed by atoms with Crippen molar-refractivity contribution in [2.24, 2.45) is 0 Å². The van der Waals surface area contributed by atoms with Crippen molar-refractivity contribution in [2.45, 2.75) is 19.8 Å². The largest absolute Gasteiger partial charge is 0.497 e. The van der Waals surface area contributed by atoms with Gasteiger partial charge in [0.15, 0.2) is 5.65 Å². The summed E-state index contributed by atoms with van der Waals surface area (Å²) in [5.41, 5.74) is 6.54. The van der Waals surface area contributed by atoms with E-state index in [1.54, 1.807) is 37.1 Å². The number of aromatic nitrogens is 6. The molecule has 0 atom stereocenters. The number of anilines is 1. The number of benzene rings is 1. The van der Waals surface area contributed by atoms with Crippen molar-refractivity contribution in [1.29, 1.82) is 0 Å². The highest BCUT2D eigenvalue weighted by Gasteiger charge is 2.16. The molecule has 0 unspecified atom stereocenters. The van der Waals surface area contributed by atoms with E-state index < -0.39 is 5.82 Å². The molecule has 5 heterocycles. The number of hydrogen-bond acceptors (Lipinski definition) is 6. The van der Waals surface area contributed by atoms with Crippen LogP contribution in [0.25, 0.3) is 55.6 Å². The standard InChI is InChI=1S/C29H24FN7O2/c1-3-4-27(38)34-20-6-17(11-31-13-20)18-8-23-28(36-37-29(23)33-12-18)25-10-22-24(14-32-15-26(22)35-25)16-5-19(30)9-21(7-16)39-2/h5-15,35H,3-4H2,1-2H3,(H,34,38)(H,33,36,37). The molecule has 10 heteroatoms. The van der Waals surface area contributed by atoms with Gasteiger partial charge in [-0.2, -0.15) is 5.10 Å². The summed E-state index contributed by atoms with van der Waals surface area (Å²) in [6.07, 6.45) is 9.73. The fraction of sp³-hybridized carbons (Fsp3) is 0.138. The Kier molecular flexibility index (Phi) is 6.20. The van der Waals surface area contributed by atoms with Gasteiger partial charge in [-0.3, -0.25) is 19.9 Å². The predicted molar refractivity (Wildman–Crippen MR) is 148 cm³/mol. The third-order valence-corrected chi connectivity index (χ3v) is 6.47. The number of rotatable bonds is 7. The lowest BCUT2D eigenvalue weighted by atomic mass is 10.0. The maximum absolute atomic E-state index is 14.2. The van der Waals surface area contributed by atoms with E-state index in [0.29, 0.717) is 34.8 Å². The van der Waals surface area contributed by atoms with E-state index in [1.165, 1.54) is 19.2 Å². The Labute approximate surface area is 222 Å². The third-order valence-electron chi connectivity index (χ3n) is 6.47. The second kappa shape index (κ2) is 9.97. The van der Waals surface area contributed by atoms with E-state index >= 15 is 0 Å². The molecule has 3 N–H and O–H groups in total. The lowest BCUT2D eigenvalue weighted by Crippen LogP contribution is -2.10. The summed E-state index contributed by atoms with van der Waals surface area (Å²) >= 11 is 0. The fourth-order valence-corrected chi connectivity index (χ4v) is 4.63. The lowest BCUT2D eigenvalue weighted by molar-refractivity contribution is -0.116. The number of aromatic amines is 2. The van der Waals surface area contributed by atoms with Gasteiger partial charge in [0.05, 0.1) is 36.4 Å². The van der Waals surface area contributed by atoms with Crippen LogP contribution in [0, 0.1) is 5.82 Å². The highest BCUT2D eigenvalue weighted by molar-refractivity contribution is 6.01. The molecule has 5 aromatic heterocycles. The van der Waals surface area contributed by atoms with E-state index in [9.17, 15) is 9.18 Å². The highest BCUT2D eigenvalue weighted by atomic mass is 19.1. The number of ether oxygens (including phenoxy) is 1. The summed E-state index contributed by atoms with van der Waals surface area (Å²) in [5, 5.41) is 12.1. The molecule has 0 bridgehead atoms. The first-order valence-corrected chi connectivity index (χ1v) is 12.4. The van der Waals surface area contributed by atoms with Crippen molar-refractivity contribution in [2.75, 3.05) is 12.4 Å². The summed E-state index contributed by atoms with van der Waals surface area (Å²) in [6.45, 7) is 1.96. The number of halogens is 1. The van der Waals surface area contributed by atoms with Crippen LogP contribution in [-0.2, 0) is 4.79 Å². The number of methoxy groups -OCH3 is 1. The number of carbonyl (C=O) groups excluding carboxylic acids is 1. The van der Waals surface area contributed by atoms with Gasteiger partial charge in [-0.25, -0.2) is 9.37 Å². The van der Waals surface area contributed by atoms with Gasteiger partial charge in [0.1, 0.15) is 17.3 Å². The maximum Gasteiger partial charge on any atom is 0.224 e. The second-order valence-corrected chi connectivity index (χ2v) is 9.16. The first-order valence-electron chi connectivity index (χ1n) is 12.4. The average Bonchev–Trinajstić information content (AvgIpc) is 3.56. The number of H-pyrrole nitrogens is 2. The van der Waals surface area contributed by atoms with Crippen LogP contribution in [0.15, 0.2) is 67.4 Å². The van der Waals surface area contributed by atoms with Crippen LogP contribution in [-0.4, -0.2) is 43.2 Å². The Morgan fingerprint density at radius 1 is 0.949 bits per heavy atom. The van der Waals surface area contributed by atoms with Crippen molar-refractivity contribution >= 4 is 33.5 Å². The van der Waals surface area contributed by atoms with Crippen molar-refractivity contribution in [3.63, 3.8) is 0 Å². The van der Waals surface area contributed by atoms with Gasteiger partial charge < -0.3 is 15.0 Å². The number of nitrogens with zero attached hydrogens (tertiary/aromatic N) is 4. The van der Waals surface area contributed by atoms with Gasteiger partial charge in [-0.1, -0.05) is 6.92 Å². The van der Waals surface area contributed by atoms with Gasteiger partial charge in [0.2, 0.25) is 5.91 Å². The number of pyridine rings is 3. The Hall–Kier alpha value is -5.12. The van der Waals surface area contributed by atoms with Crippen molar-refractivity contribution in [3.05, 3.63) is 73.2 Å². The van der Waals surface area contributed by atoms with E-state index in [4.69, 9.17) is 4.74 Å². The maximum atomic E-state index is 14.2. The molecule has 6 rings (SSSR count). The molecule has 0 fully saturated rings. The molecular formula is C29H24FN7O2. The van der Waals surface area contributed by atoms with Crippen LogP contribution < -0.4 is 10.1 Å². The predicted octanol–water partition coefficient (Wildman–Crippen LogP) is 6.12. The molecule has 0 spiro atoms. The third kappa shape index (κ3) is 4.68. The van der Waals surface area contributed by atoms with Gasteiger partial charge in [-0.15, -0.1) is 0 Å². The zero-order valence-corrected chi connectivity index (χ0v) is 21.2. The summed E-state index contributed by atoms with van der Waals surface area (Å²) < 4.78 is 19.5. The molecule has 0 saturated heterocycles. The zero-order valence-electron chi connectivity index (χ0n) is 21.2. The van der Waals surface area contributed by atoms with E-state index in [1.807, 2.05) is 25.1 Å². The van der Waals surface area contributed by atoms with Crippen LogP contribution in [0.2, 0.25) is 0 Å². The Bertz CT molecular complexity index is 1840. The topological polar surface area (TPSA) is 121 Å². The lowest BCUT2D eigenvalue weighted by Gasteiger charge is -2.07. The van der Waals surface area contributed by atoms with Crippen molar-refractivity contribution < 1.29 is 13.9 Å². The molecule has 0 aliphatic carbocycles. The average molecular weight is 522 g/mol. The minimum Gasteiger partial charge on any atom is -0.497 e. The molecule has 1 aromatic carbocycles. The zero-order chi connectivity index (χ0) is 26.9. The quantitative estimate of drug-likeness (QED) is 0.233. The van der Waals surface area contributed by atoms with E-state index in [2.05, 4.69) is 35.5 Å². The van der Waals surface area contributed by atoms with Crippen molar-refractivity contribution in [1.82, 2.24) is 30.1 Å². The normalized spacial score (nSPS) is 11.3. The number of carbonyl (C=O) groups is 1. The number of fused-ring (bicyclic) bond motifs is 2. The monoisotopic (exact) mass is 521 g/mol. The smallest absolute Gasteiger partial charge is 0.224 e. The van der Waals surface area contributed by atoms with E-state index in [-0.39, 0.29) is 5.91 Å². The molecule has 0 aliphatic heterocycles. The van der Waals surface area contributed by atoms with Gasteiger partial charge >= 0.3 is 0 Å². The summed E-state index contributed by atoms with van der Waals surface area (Å²) in [7, 11) is 1.51. The molecule has 0 saturated carbocycles. The fourth-order valence-electron chi connectivity index (χ4n) is 4.63. The number of nitrogens with one attached hydrogen (secondary N) is 3. The minimum atomic E-state index is -0.391. The molecule has 194 valence electrons. The Morgan fingerprint density at radius 2 is 1.79 bits per heavy atom. The van der Waals surface area contributed by atoms with E-state index in [0.717, 1.165) is 45.1 Å². The minimum absolute atomic E-state index is 0.0495. The Balaban J connectivity index is 1.40. The molecule has 39 heavy (non-hydrogen) atoms. The highest BCUT2D eigenvalue weighted by Crippen LogP contribution is 2.35. The van der Waals surface area contributed by atoms with Crippen LogP contribution in [0.5, 0.6) is 5.75 Å². The second-order valence-electron chi connectivity index (χ2n) is 9.16. The number of hydrogen-bond donors (Lipinski definition) is 3.